The summed E-state index contributed by atoms with van der Waals surface area (Å²) in [5.41, 5.74) is 2.81. The van der Waals surface area contributed by atoms with E-state index in [0.29, 0.717) is 16.4 Å². The van der Waals surface area contributed by atoms with Crippen LogP contribution in [0.15, 0.2) is 53.9 Å². The van der Waals surface area contributed by atoms with E-state index in [-0.39, 0.29) is 18.3 Å². The van der Waals surface area contributed by atoms with E-state index in [1.54, 1.807) is 17.5 Å². The Hall–Kier alpha value is -3.13. The highest BCUT2D eigenvalue weighted by atomic mass is 32.1. The van der Waals surface area contributed by atoms with Crippen LogP contribution in [0.2, 0.25) is 0 Å². The summed E-state index contributed by atoms with van der Waals surface area (Å²) in [7, 11) is 0. The van der Waals surface area contributed by atoms with Crippen molar-refractivity contribution in [1.82, 2.24) is 20.0 Å². The molecule has 0 aliphatic rings. The molecule has 4 aromatic rings. The van der Waals surface area contributed by atoms with Crippen LogP contribution in [0.1, 0.15) is 0 Å². The molecule has 0 fully saturated rings. The lowest BCUT2D eigenvalue weighted by Gasteiger charge is -2.02. The average Bonchev–Trinajstić information content (AvgIpc) is 3.23. The van der Waals surface area contributed by atoms with Gasteiger partial charge in [-0.25, -0.2) is 14.1 Å². The molecular formula is C17H12FN5OS. The van der Waals surface area contributed by atoms with E-state index >= 15 is 0 Å². The lowest BCUT2D eigenvalue weighted by molar-refractivity contribution is -0.116. The number of hydrogen-bond acceptors (Lipinski definition) is 5. The van der Waals surface area contributed by atoms with Gasteiger partial charge in [-0.15, -0.1) is 16.4 Å². The number of carbonyl (C=O) groups excluding carboxylic acids is 1. The second-order valence-corrected chi connectivity index (χ2v) is 6.19. The fourth-order valence-corrected chi connectivity index (χ4v) is 3.18. The number of nitrogens with one attached hydrogen (secondary N) is 1. The monoisotopic (exact) mass is 353 g/mol. The van der Waals surface area contributed by atoms with E-state index in [2.05, 4.69) is 20.6 Å². The molecule has 0 radical (unpaired) electrons. The molecule has 8 heteroatoms. The van der Waals surface area contributed by atoms with E-state index in [1.807, 2.05) is 24.3 Å². The first kappa shape index (κ1) is 15.4. The van der Waals surface area contributed by atoms with Gasteiger partial charge >= 0.3 is 0 Å². The van der Waals surface area contributed by atoms with E-state index in [1.165, 1.54) is 28.2 Å². The van der Waals surface area contributed by atoms with Crippen molar-refractivity contribution < 1.29 is 9.18 Å². The Bertz CT molecular complexity index is 1060. The normalized spacial score (nSPS) is 10.9. The van der Waals surface area contributed by atoms with Gasteiger partial charge in [-0.05, 0) is 24.3 Å². The third-order valence-corrected chi connectivity index (χ3v) is 4.34. The maximum atomic E-state index is 13.3. The van der Waals surface area contributed by atoms with Crippen molar-refractivity contribution >= 4 is 33.4 Å². The number of rotatable bonds is 4. The summed E-state index contributed by atoms with van der Waals surface area (Å²) in [5, 5.41) is 13.0. The van der Waals surface area contributed by atoms with Gasteiger partial charge in [0, 0.05) is 10.9 Å². The Morgan fingerprint density at radius 2 is 2.08 bits per heavy atom. The van der Waals surface area contributed by atoms with Gasteiger partial charge in [0.2, 0.25) is 5.91 Å². The highest BCUT2D eigenvalue weighted by molar-refractivity contribution is 7.14. The minimum Gasteiger partial charge on any atom is -0.300 e. The number of thiazole rings is 1. The van der Waals surface area contributed by atoms with Crippen LogP contribution in [-0.2, 0) is 11.3 Å². The zero-order valence-corrected chi connectivity index (χ0v) is 13.7. The molecule has 0 saturated carbocycles. The number of aromatic nitrogens is 4. The second-order valence-electron chi connectivity index (χ2n) is 5.33. The average molecular weight is 353 g/mol. The standard InChI is InChI=1S/C17H12FN5OS/c18-12-5-3-4-11(8-12)14-10-25-17(19-14)20-16(24)9-23-15-7-2-1-6-13(15)21-22-23/h1-8,10H,9H2,(H,19,20,24). The lowest BCUT2D eigenvalue weighted by atomic mass is 10.2. The maximum Gasteiger partial charge on any atom is 0.247 e. The molecule has 1 amide bonds. The van der Waals surface area contributed by atoms with Gasteiger partial charge in [-0.2, -0.15) is 0 Å². The summed E-state index contributed by atoms with van der Waals surface area (Å²) < 4.78 is 14.8. The number of halogens is 1. The van der Waals surface area contributed by atoms with Crippen molar-refractivity contribution in [3.8, 4) is 11.3 Å². The molecule has 2 heterocycles. The van der Waals surface area contributed by atoms with Crippen LogP contribution in [0.5, 0.6) is 0 Å². The number of benzene rings is 2. The number of amides is 1. The Morgan fingerprint density at radius 1 is 1.20 bits per heavy atom. The molecule has 0 spiro atoms. The molecular weight excluding hydrogens is 341 g/mol. The van der Waals surface area contributed by atoms with Crippen LogP contribution < -0.4 is 5.32 Å². The molecule has 0 aliphatic carbocycles. The minimum absolute atomic E-state index is 0.0371. The van der Waals surface area contributed by atoms with E-state index in [0.717, 1.165) is 11.0 Å². The molecule has 0 saturated heterocycles. The molecule has 1 N–H and O–H groups in total. The fraction of sp³-hybridized carbons (Fsp3) is 0.0588. The largest absolute Gasteiger partial charge is 0.300 e. The molecule has 0 unspecified atom stereocenters. The van der Waals surface area contributed by atoms with Crippen LogP contribution in [0.25, 0.3) is 22.3 Å². The van der Waals surface area contributed by atoms with Crippen molar-refractivity contribution in [3.63, 3.8) is 0 Å². The molecule has 0 aliphatic heterocycles. The molecule has 124 valence electrons. The number of fused-ring (bicyclic) bond motifs is 1. The highest BCUT2D eigenvalue weighted by Crippen LogP contribution is 2.25. The SMILES string of the molecule is O=C(Cn1nnc2ccccc21)Nc1nc(-c2cccc(F)c2)cs1. The van der Waals surface area contributed by atoms with Crippen molar-refractivity contribution in [3.05, 3.63) is 59.7 Å². The predicted molar refractivity (Wildman–Crippen MR) is 93.7 cm³/mol. The first-order valence-electron chi connectivity index (χ1n) is 7.48. The molecule has 6 nitrogen and oxygen atoms in total. The first-order chi connectivity index (χ1) is 12.2. The van der Waals surface area contributed by atoms with Gasteiger partial charge in [0.05, 0.1) is 11.2 Å². The molecule has 25 heavy (non-hydrogen) atoms. The summed E-state index contributed by atoms with van der Waals surface area (Å²) >= 11 is 1.28. The van der Waals surface area contributed by atoms with Gasteiger partial charge in [0.1, 0.15) is 17.9 Å². The summed E-state index contributed by atoms with van der Waals surface area (Å²) in [6, 6.07) is 13.6. The molecule has 0 atom stereocenters. The first-order valence-corrected chi connectivity index (χ1v) is 8.36. The number of nitrogens with zero attached hydrogens (tertiary/aromatic N) is 4. The van der Waals surface area contributed by atoms with Gasteiger partial charge in [0.15, 0.2) is 5.13 Å². The van der Waals surface area contributed by atoms with Crippen LogP contribution in [0.3, 0.4) is 0 Å². The van der Waals surface area contributed by atoms with Crippen molar-refractivity contribution in [2.45, 2.75) is 6.54 Å². The Balaban J connectivity index is 1.48. The van der Waals surface area contributed by atoms with E-state index < -0.39 is 0 Å². The predicted octanol–water partition coefficient (Wildman–Crippen LogP) is 3.33. The lowest BCUT2D eigenvalue weighted by Crippen LogP contribution is -2.19. The smallest absolute Gasteiger partial charge is 0.247 e. The second kappa shape index (κ2) is 6.40. The Labute approximate surface area is 145 Å². The maximum absolute atomic E-state index is 13.3. The summed E-state index contributed by atoms with van der Waals surface area (Å²) in [4.78, 5) is 16.6. The van der Waals surface area contributed by atoms with Gasteiger partial charge in [0.25, 0.3) is 0 Å². The Morgan fingerprint density at radius 3 is 2.96 bits per heavy atom. The summed E-state index contributed by atoms with van der Waals surface area (Å²) in [6.07, 6.45) is 0. The van der Waals surface area contributed by atoms with Gasteiger partial charge < -0.3 is 5.32 Å². The summed E-state index contributed by atoms with van der Waals surface area (Å²) in [5.74, 6) is -0.579. The molecule has 2 aromatic heterocycles. The van der Waals surface area contributed by atoms with Gasteiger partial charge in [-0.3, -0.25) is 4.79 Å². The molecule has 0 bridgehead atoms. The van der Waals surface area contributed by atoms with E-state index in [4.69, 9.17) is 0 Å². The van der Waals surface area contributed by atoms with Crippen molar-refractivity contribution in [2.75, 3.05) is 5.32 Å². The Kier molecular flexibility index (Phi) is 3.95. The molecule has 4 rings (SSSR count). The molecule has 2 aromatic carbocycles. The van der Waals surface area contributed by atoms with Crippen LogP contribution in [0.4, 0.5) is 9.52 Å². The van der Waals surface area contributed by atoms with Crippen LogP contribution in [0, 0.1) is 5.82 Å². The zero-order chi connectivity index (χ0) is 17.2. The topological polar surface area (TPSA) is 72.7 Å². The number of hydrogen-bond donors (Lipinski definition) is 1. The number of para-hydroxylation sites is 1. The van der Waals surface area contributed by atoms with Crippen LogP contribution in [-0.4, -0.2) is 25.9 Å². The van der Waals surface area contributed by atoms with Crippen molar-refractivity contribution in [2.24, 2.45) is 0 Å². The number of carbonyl (C=O) groups is 1. The minimum atomic E-state index is -0.325. The zero-order valence-electron chi connectivity index (χ0n) is 12.9. The third kappa shape index (κ3) is 3.24. The van der Waals surface area contributed by atoms with E-state index in [9.17, 15) is 9.18 Å². The quantitative estimate of drug-likeness (QED) is 0.611. The third-order valence-electron chi connectivity index (χ3n) is 3.58. The number of anilines is 1. The summed E-state index contributed by atoms with van der Waals surface area (Å²) in [6.45, 7) is 0.0371. The van der Waals surface area contributed by atoms with Crippen molar-refractivity contribution in [1.29, 1.82) is 0 Å². The van der Waals surface area contributed by atoms with Gasteiger partial charge in [-0.1, -0.05) is 29.5 Å². The highest BCUT2D eigenvalue weighted by Gasteiger charge is 2.11. The van der Waals surface area contributed by atoms with Crippen LogP contribution >= 0.6 is 11.3 Å². The fourth-order valence-electron chi connectivity index (χ4n) is 2.44.